The maximum Gasteiger partial charge on any atom is 0.416 e. The number of benzene rings is 1. The fourth-order valence-corrected chi connectivity index (χ4v) is 1.13. The molecule has 0 heterocycles. The minimum absolute atomic E-state index is 0.0541. The second kappa shape index (κ2) is 3.80. The van der Waals surface area contributed by atoms with Crippen molar-refractivity contribution in [3.63, 3.8) is 0 Å². The van der Waals surface area contributed by atoms with E-state index in [-0.39, 0.29) is 11.3 Å². The predicted octanol–water partition coefficient (Wildman–Crippen LogP) is 3.10. The fraction of sp³-hybridized carbons (Fsp3) is 0.222. The molecule has 0 saturated heterocycles. The molecule has 0 spiro atoms. The molecular weight excluding hydrogens is 211 g/mol. The molecule has 0 saturated carbocycles. The molecule has 0 atom stereocenters. The summed E-state index contributed by atoms with van der Waals surface area (Å²) < 4.78 is 37.2. The van der Waals surface area contributed by atoms with E-state index in [1.165, 1.54) is 19.1 Å². The van der Waals surface area contributed by atoms with E-state index in [9.17, 15) is 18.0 Å². The third kappa shape index (κ3) is 2.87. The first-order chi connectivity index (χ1) is 6.80. The lowest BCUT2D eigenvalue weighted by Crippen LogP contribution is -2.11. The van der Waals surface area contributed by atoms with Gasteiger partial charge in [-0.1, -0.05) is 6.07 Å². The number of anilines is 1. The molecule has 2 N–H and O–H groups in total. The number of carbonyl (C=O) groups is 1. The quantitative estimate of drug-likeness (QED) is 0.762. The Bertz CT molecular complexity index is 387. The lowest BCUT2D eigenvalue weighted by atomic mass is 10.1. The Morgan fingerprint density at radius 1 is 1.40 bits per heavy atom. The molecule has 1 aromatic carbocycles. The van der Waals surface area contributed by atoms with Crippen LogP contribution in [0, 0.1) is 6.92 Å². The van der Waals surface area contributed by atoms with Gasteiger partial charge in [-0.05, 0) is 24.6 Å². The minimum atomic E-state index is -4.47. The Kier molecular flexibility index (Phi) is 2.88. The van der Waals surface area contributed by atoms with Crippen LogP contribution in [0.15, 0.2) is 18.2 Å². The molecule has 1 rings (SSSR count). The number of rotatable bonds is 1. The van der Waals surface area contributed by atoms with Crippen LogP contribution in [0.5, 0.6) is 0 Å². The molecule has 3 nitrogen and oxygen atoms in total. The van der Waals surface area contributed by atoms with Crippen LogP contribution in [0.1, 0.15) is 11.1 Å². The standard InChI is InChI=1S/C9H8F3NO2/c1-5-2-3-6(13-8(14)15)4-7(5)9(10,11)12/h2-4,13H,1H3,(H,14,15). The molecule has 0 aromatic heterocycles. The molecule has 0 aliphatic carbocycles. The summed E-state index contributed by atoms with van der Waals surface area (Å²) >= 11 is 0. The van der Waals surface area contributed by atoms with Crippen LogP contribution in [-0.2, 0) is 6.18 Å². The van der Waals surface area contributed by atoms with Gasteiger partial charge in [0.25, 0.3) is 0 Å². The maximum absolute atomic E-state index is 12.4. The van der Waals surface area contributed by atoms with E-state index in [4.69, 9.17) is 5.11 Å². The second-order valence-electron chi connectivity index (χ2n) is 2.96. The van der Waals surface area contributed by atoms with Gasteiger partial charge in [-0.3, -0.25) is 5.32 Å². The Labute approximate surface area is 83.5 Å². The van der Waals surface area contributed by atoms with Gasteiger partial charge >= 0.3 is 12.3 Å². The number of nitrogens with one attached hydrogen (secondary N) is 1. The fourth-order valence-electron chi connectivity index (χ4n) is 1.13. The number of halogens is 3. The van der Waals surface area contributed by atoms with Gasteiger partial charge in [-0.15, -0.1) is 0 Å². The van der Waals surface area contributed by atoms with Crippen LogP contribution in [0.3, 0.4) is 0 Å². The molecule has 0 fully saturated rings. The monoisotopic (exact) mass is 219 g/mol. The van der Waals surface area contributed by atoms with E-state index in [2.05, 4.69) is 0 Å². The van der Waals surface area contributed by atoms with Gasteiger partial charge in [0, 0.05) is 5.69 Å². The Hall–Kier alpha value is -1.72. The van der Waals surface area contributed by atoms with Crippen molar-refractivity contribution in [2.45, 2.75) is 13.1 Å². The van der Waals surface area contributed by atoms with Crippen LogP contribution in [0.4, 0.5) is 23.7 Å². The number of aryl methyl sites for hydroxylation is 1. The summed E-state index contributed by atoms with van der Waals surface area (Å²) in [6.45, 7) is 1.31. The highest BCUT2D eigenvalue weighted by molar-refractivity contribution is 5.83. The summed E-state index contributed by atoms with van der Waals surface area (Å²) in [5.41, 5.74) is -0.882. The second-order valence-corrected chi connectivity index (χ2v) is 2.96. The van der Waals surface area contributed by atoms with Crippen molar-refractivity contribution in [3.8, 4) is 0 Å². The van der Waals surface area contributed by atoms with Crippen LogP contribution in [-0.4, -0.2) is 11.2 Å². The predicted molar refractivity (Wildman–Crippen MR) is 47.8 cm³/mol. The van der Waals surface area contributed by atoms with Crippen molar-refractivity contribution in [3.05, 3.63) is 29.3 Å². The Balaban J connectivity index is 3.11. The van der Waals surface area contributed by atoms with Gasteiger partial charge in [-0.2, -0.15) is 13.2 Å². The maximum atomic E-state index is 12.4. The molecule has 0 aliphatic heterocycles. The number of carboxylic acid groups (broad SMARTS) is 1. The van der Waals surface area contributed by atoms with E-state index in [0.29, 0.717) is 0 Å². The summed E-state index contributed by atoms with van der Waals surface area (Å²) in [5.74, 6) is 0. The minimum Gasteiger partial charge on any atom is -0.465 e. The van der Waals surface area contributed by atoms with E-state index in [0.717, 1.165) is 6.07 Å². The van der Waals surface area contributed by atoms with Crippen molar-refractivity contribution in [2.24, 2.45) is 0 Å². The van der Waals surface area contributed by atoms with Gasteiger partial charge in [0.15, 0.2) is 0 Å². The first-order valence-electron chi connectivity index (χ1n) is 3.98. The highest BCUT2D eigenvalue weighted by Crippen LogP contribution is 2.33. The third-order valence-electron chi connectivity index (χ3n) is 1.79. The molecule has 0 unspecified atom stereocenters. The highest BCUT2D eigenvalue weighted by Gasteiger charge is 2.32. The smallest absolute Gasteiger partial charge is 0.416 e. The van der Waals surface area contributed by atoms with E-state index < -0.39 is 17.8 Å². The van der Waals surface area contributed by atoms with Crippen molar-refractivity contribution >= 4 is 11.8 Å². The topological polar surface area (TPSA) is 49.3 Å². The third-order valence-corrected chi connectivity index (χ3v) is 1.79. The summed E-state index contributed by atoms with van der Waals surface area (Å²) in [7, 11) is 0. The summed E-state index contributed by atoms with van der Waals surface area (Å²) in [6, 6.07) is 3.26. The molecule has 82 valence electrons. The molecule has 15 heavy (non-hydrogen) atoms. The molecule has 1 aromatic rings. The van der Waals surface area contributed by atoms with Crippen molar-refractivity contribution in [2.75, 3.05) is 5.32 Å². The zero-order valence-electron chi connectivity index (χ0n) is 7.72. The van der Waals surface area contributed by atoms with Gasteiger partial charge in [0.1, 0.15) is 0 Å². The molecular formula is C9H8F3NO2. The number of hydrogen-bond acceptors (Lipinski definition) is 1. The lowest BCUT2D eigenvalue weighted by Gasteiger charge is -2.11. The van der Waals surface area contributed by atoms with Crippen LogP contribution < -0.4 is 5.32 Å². The van der Waals surface area contributed by atoms with Gasteiger partial charge in [0.2, 0.25) is 0 Å². The number of alkyl halides is 3. The van der Waals surface area contributed by atoms with Crippen molar-refractivity contribution in [1.29, 1.82) is 0 Å². The largest absolute Gasteiger partial charge is 0.465 e. The first kappa shape index (κ1) is 11.4. The summed E-state index contributed by atoms with van der Waals surface area (Å²) in [5, 5.41) is 10.2. The van der Waals surface area contributed by atoms with E-state index in [1.54, 1.807) is 0 Å². The van der Waals surface area contributed by atoms with Crippen LogP contribution >= 0.6 is 0 Å². The van der Waals surface area contributed by atoms with Gasteiger partial charge in [0.05, 0.1) is 5.56 Å². The van der Waals surface area contributed by atoms with Gasteiger partial charge in [-0.25, -0.2) is 4.79 Å². The molecule has 1 amide bonds. The SMILES string of the molecule is Cc1ccc(NC(=O)O)cc1C(F)(F)F. The number of hydrogen-bond donors (Lipinski definition) is 2. The zero-order valence-corrected chi connectivity index (χ0v) is 7.72. The number of amides is 1. The Morgan fingerprint density at radius 2 is 2.00 bits per heavy atom. The van der Waals surface area contributed by atoms with Gasteiger partial charge < -0.3 is 5.11 Å². The normalized spacial score (nSPS) is 11.2. The molecule has 6 heteroatoms. The summed E-state index contributed by atoms with van der Waals surface area (Å²) in [4.78, 5) is 10.2. The highest BCUT2D eigenvalue weighted by atomic mass is 19.4. The molecule has 0 bridgehead atoms. The Morgan fingerprint density at radius 3 is 2.47 bits per heavy atom. The van der Waals surface area contributed by atoms with E-state index >= 15 is 0 Å². The molecule has 0 radical (unpaired) electrons. The summed E-state index contributed by atoms with van der Waals surface area (Å²) in [6.07, 6.45) is -5.87. The van der Waals surface area contributed by atoms with Crippen molar-refractivity contribution < 1.29 is 23.1 Å². The zero-order chi connectivity index (χ0) is 11.6. The first-order valence-corrected chi connectivity index (χ1v) is 3.98. The average Bonchev–Trinajstić information content (AvgIpc) is 2.05. The van der Waals surface area contributed by atoms with Crippen molar-refractivity contribution in [1.82, 2.24) is 0 Å². The lowest BCUT2D eigenvalue weighted by molar-refractivity contribution is -0.138. The molecule has 0 aliphatic rings. The van der Waals surface area contributed by atoms with E-state index in [1.807, 2.05) is 5.32 Å². The van der Waals surface area contributed by atoms with Crippen LogP contribution in [0.25, 0.3) is 0 Å². The van der Waals surface area contributed by atoms with Crippen LogP contribution in [0.2, 0.25) is 0 Å². The average molecular weight is 219 g/mol.